The molecule has 2 nitrogen and oxygen atoms in total. The molecule has 1 aliphatic heterocycles. The predicted octanol–water partition coefficient (Wildman–Crippen LogP) is 2.48. The molecule has 15 heavy (non-hydrogen) atoms. The Labute approximate surface area is 93.0 Å². The van der Waals surface area contributed by atoms with Gasteiger partial charge in [0, 0.05) is 30.0 Å². The first kappa shape index (κ1) is 11.1. The Balaban J connectivity index is 2.30. The zero-order chi connectivity index (χ0) is 11.3. The Bertz CT molecular complexity index is 264. The Morgan fingerprint density at radius 1 is 1.13 bits per heavy atom. The van der Waals surface area contributed by atoms with Gasteiger partial charge in [0.05, 0.1) is 0 Å². The Hall–Kier alpha value is -0.370. The highest BCUT2D eigenvalue weighted by atomic mass is 16.1. The number of nitrogens with zero attached hydrogens (tertiary/aromatic N) is 1. The topological polar surface area (TPSA) is 20.3 Å². The minimum atomic E-state index is -0.0600. The molecular weight excluding hydrogens is 186 g/mol. The molecule has 2 aliphatic rings. The lowest BCUT2D eigenvalue weighted by molar-refractivity contribution is -0.153. The van der Waals surface area contributed by atoms with Gasteiger partial charge in [0.1, 0.15) is 5.78 Å². The molecule has 0 N–H and O–H groups in total. The lowest BCUT2D eigenvalue weighted by Crippen LogP contribution is -2.61. The molecule has 2 unspecified atom stereocenters. The first-order valence-corrected chi connectivity index (χ1v) is 6.16. The number of carbonyl (C=O) groups is 1. The van der Waals surface area contributed by atoms with Gasteiger partial charge in [-0.25, -0.2) is 0 Å². The highest BCUT2D eigenvalue weighted by Gasteiger charge is 2.53. The highest BCUT2D eigenvalue weighted by Crippen LogP contribution is 2.47. The van der Waals surface area contributed by atoms with Crippen molar-refractivity contribution in [1.29, 1.82) is 0 Å². The number of hydrogen-bond donors (Lipinski definition) is 0. The molecule has 0 amide bonds. The second kappa shape index (κ2) is 3.31. The number of fused-ring (bicyclic) bond motifs is 2. The molecule has 86 valence electrons. The van der Waals surface area contributed by atoms with Crippen molar-refractivity contribution in [1.82, 2.24) is 4.90 Å². The van der Waals surface area contributed by atoms with Crippen molar-refractivity contribution >= 4 is 5.78 Å². The number of hydrogen-bond acceptors (Lipinski definition) is 2. The summed E-state index contributed by atoms with van der Waals surface area (Å²) in [7, 11) is 0. The molecule has 1 saturated heterocycles. The third-order valence-electron chi connectivity index (χ3n) is 4.39. The third kappa shape index (κ3) is 1.63. The molecular formula is C13H23NO. The number of ketones is 1. The van der Waals surface area contributed by atoms with Crippen LogP contribution in [0.1, 0.15) is 47.0 Å². The van der Waals surface area contributed by atoms with Crippen molar-refractivity contribution in [3.8, 4) is 0 Å². The molecule has 0 spiro atoms. The van der Waals surface area contributed by atoms with Crippen LogP contribution in [0.5, 0.6) is 0 Å². The molecule has 0 aromatic heterocycles. The maximum atomic E-state index is 12.4. The average molecular weight is 209 g/mol. The lowest BCUT2D eigenvalue weighted by atomic mass is 9.59. The van der Waals surface area contributed by atoms with E-state index in [4.69, 9.17) is 0 Å². The first-order valence-electron chi connectivity index (χ1n) is 6.16. The standard InChI is InChI=1S/C13H23NO/c1-10(2)14-8-12(3)6-5-7-13(4,9-14)11(12)15/h10H,5-9H2,1-4H3. The second-order valence-corrected chi connectivity index (χ2v) is 6.30. The average Bonchev–Trinajstić information content (AvgIpc) is 2.10. The molecule has 0 aromatic carbocycles. The number of piperidine rings is 1. The Morgan fingerprint density at radius 3 is 2.00 bits per heavy atom. The van der Waals surface area contributed by atoms with E-state index in [-0.39, 0.29) is 10.8 Å². The molecule has 2 heteroatoms. The summed E-state index contributed by atoms with van der Waals surface area (Å²) in [4.78, 5) is 14.9. The molecule has 2 fully saturated rings. The number of Topliss-reactive ketones (excluding diaryl/α,β-unsaturated/α-hetero) is 1. The molecule has 2 bridgehead atoms. The van der Waals surface area contributed by atoms with Crippen LogP contribution in [0.2, 0.25) is 0 Å². The van der Waals surface area contributed by atoms with Crippen molar-refractivity contribution in [2.45, 2.75) is 53.0 Å². The fourth-order valence-corrected chi connectivity index (χ4v) is 3.44. The van der Waals surface area contributed by atoms with Crippen molar-refractivity contribution < 1.29 is 4.79 Å². The minimum Gasteiger partial charge on any atom is -0.299 e. The van der Waals surface area contributed by atoms with Gasteiger partial charge in [0.15, 0.2) is 0 Å². The molecule has 1 heterocycles. The quantitative estimate of drug-likeness (QED) is 0.661. The minimum absolute atomic E-state index is 0.0600. The van der Waals surface area contributed by atoms with Gasteiger partial charge < -0.3 is 0 Å². The van der Waals surface area contributed by atoms with Crippen molar-refractivity contribution in [2.75, 3.05) is 13.1 Å². The van der Waals surface area contributed by atoms with Crippen LogP contribution >= 0.6 is 0 Å². The van der Waals surface area contributed by atoms with Gasteiger partial charge in [0.25, 0.3) is 0 Å². The van der Waals surface area contributed by atoms with Gasteiger partial charge in [-0.1, -0.05) is 20.3 Å². The van der Waals surface area contributed by atoms with E-state index in [1.165, 1.54) is 6.42 Å². The Morgan fingerprint density at radius 2 is 1.60 bits per heavy atom. The normalized spacial score (nSPS) is 42.3. The summed E-state index contributed by atoms with van der Waals surface area (Å²) in [5.41, 5.74) is -0.120. The lowest BCUT2D eigenvalue weighted by Gasteiger charge is -2.53. The zero-order valence-corrected chi connectivity index (χ0v) is 10.5. The summed E-state index contributed by atoms with van der Waals surface area (Å²) >= 11 is 0. The number of carbonyl (C=O) groups excluding carboxylic acids is 1. The van der Waals surface area contributed by atoms with Crippen molar-refractivity contribution in [2.24, 2.45) is 10.8 Å². The summed E-state index contributed by atoms with van der Waals surface area (Å²) < 4.78 is 0. The molecule has 2 atom stereocenters. The fourth-order valence-electron chi connectivity index (χ4n) is 3.44. The van der Waals surface area contributed by atoms with E-state index in [1.807, 2.05) is 0 Å². The maximum Gasteiger partial charge on any atom is 0.147 e. The van der Waals surface area contributed by atoms with E-state index >= 15 is 0 Å². The molecule has 0 aromatic rings. The molecule has 2 rings (SSSR count). The maximum absolute atomic E-state index is 12.4. The highest BCUT2D eigenvalue weighted by molar-refractivity contribution is 5.91. The fraction of sp³-hybridized carbons (Fsp3) is 0.923. The van der Waals surface area contributed by atoms with Crippen LogP contribution < -0.4 is 0 Å². The summed E-state index contributed by atoms with van der Waals surface area (Å²) in [5.74, 6) is 0.526. The predicted molar refractivity (Wildman–Crippen MR) is 61.8 cm³/mol. The number of rotatable bonds is 1. The van der Waals surface area contributed by atoms with Gasteiger partial charge in [-0.05, 0) is 26.7 Å². The number of likely N-dealkylation sites (tertiary alicyclic amines) is 1. The third-order valence-corrected chi connectivity index (χ3v) is 4.39. The van der Waals surface area contributed by atoms with Gasteiger partial charge >= 0.3 is 0 Å². The van der Waals surface area contributed by atoms with Crippen LogP contribution in [0.4, 0.5) is 0 Å². The van der Waals surface area contributed by atoms with Gasteiger partial charge in [0.2, 0.25) is 0 Å². The van der Waals surface area contributed by atoms with Crippen LogP contribution in [-0.2, 0) is 4.79 Å². The summed E-state index contributed by atoms with van der Waals surface area (Å²) in [6, 6.07) is 0.565. The van der Waals surface area contributed by atoms with Crippen molar-refractivity contribution in [3.05, 3.63) is 0 Å². The van der Waals surface area contributed by atoms with Crippen LogP contribution in [-0.4, -0.2) is 29.8 Å². The van der Waals surface area contributed by atoms with Crippen molar-refractivity contribution in [3.63, 3.8) is 0 Å². The first-order chi connectivity index (χ1) is 6.87. The monoisotopic (exact) mass is 209 g/mol. The molecule has 1 aliphatic carbocycles. The zero-order valence-electron chi connectivity index (χ0n) is 10.5. The Kier molecular flexibility index (Phi) is 2.45. The van der Waals surface area contributed by atoms with Crippen LogP contribution in [0, 0.1) is 10.8 Å². The molecule has 1 saturated carbocycles. The van der Waals surface area contributed by atoms with E-state index in [9.17, 15) is 4.79 Å². The van der Waals surface area contributed by atoms with E-state index < -0.39 is 0 Å². The van der Waals surface area contributed by atoms with E-state index in [0.29, 0.717) is 11.8 Å². The van der Waals surface area contributed by atoms with E-state index in [0.717, 1.165) is 25.9 Å². The second-order valence-electron chi connectivity index (χ2n) is 6.30. The smallest absolute Gasteiger partial charge is 0.147 e. The van der Waals surface area contributed by atoms with Crippen LogP contribution in [0.3, 0.4) is 0 Å². The summed E-state index contributed by atoms with van der Waals surface area (Å²) in [5, 5.41) is 0. The largest absolute Gasteiger partial charge is 0.299 e. The van der Waals surface area contributed by atoms with Crippen LogP contribution in [0.25, 0.3) is 0 Å². The van der Waals surface area contributed by atoms with E-state index in [1.54, 1.807) is 0 Å². The van der Waals surface area contributed by atoms with Gasteiger partial charge in [-0.3, -0.25) is 9.69 Å². The summed E-state index contributed by atoms with van der Waals surface area (Å²) in [6.07, 6.45) is 3.40. The summed E-state index contributed by atoms with van der Waals surface area (Å²) in [6.45, 7) is 10.7. The molecule has 0 radical (unpaired) electrons. The van der Waals surface area contributed by atoms with Crippen LogP contribution in [0.15, 0.2) is 0 Å². The SMILES string of the molecule is CC(C)N1CC2(C)CCCC(C)(C1)C2=O. The van der Waals surface area contributed by atoms with Gasteiger partial charge in [-0.2, -0.15) is 0 Å². The van der Waals surface area contributed by atoms with Gasteiger partial charge in [-0.15, -0.1) is 0 Å². The van der Waals surface area contributed by atoms with E-state index in [2.05, 4.69) is 32.6 Å².